The Morgan fingerprint density at radius 3 is 2.79 bits per heavy atom. The zero-order chi connectivity index (χ0) is 13.6. The lowest BCUT2D eigenvalue weighted by Crippen LogP contribution is -2.50. The van der Waals surface area contributed by atoms with E-state index in [2.05, 4.69) is 4.98 Å². The number of anilines is 1. The van der Waals surface area contributed by atoms with Crippen molar-refractivity contribution < 1.29 is 9.90 Å². The minimum Gasteiger partial charge on any atom is -0.481 e. The Hall–Kier alpha value is -1.81. The maximum absolute atomic E-state index is 10.8. The van der Waals surface area contributed by atoms with E-state index in [0.29, 0.717) is 18.1 Å². The van der Waals surface area contributed by atoms with Gasteiger partial charge in [0.15, 0.2) is 0 Å². The van der Waals surface area contributed by atoms with E-state index in [9.17, 15) is 4.79 Å². The van der Waals surface area contributed by atoms with Crippen LogP contribution in [0.4, 0.5) is 5.82 Å². The summed E-state index contributed by atoms with van der Waals surface area (Å²) >= 11 is 6.14. The third-order valence-electron chi connectivity index (χ3n) is 3.55. The second-order valence-corrected chi connectivity index (χ2v) is 5.28. The Kier molecular flexibility index (Phi) is 2.82. The van der Waals surface area contributed by atoms with Crippen LogP contribution in [0.1, 0.15) is 5.56 Å². The maximum atomic E-state index is 10.8. The number of hydrogen-bond donors (Lipinski definition) is 1. The quantitative estimate of drug-likeness (QED) is 0.916. The summed E-state index contributed by atoms with van der Waals surface area (Å²) in [5.41, 5.74) is 1.94. The van der Waals surface area contributed by atoms with Crippen LogP contribution in [0.2, 0.25) is 5.02 Å². The normalized spacial score (nSPS) is 15.6. The molecule has 0 spiro atoms. The number of aromatic nitrogens is 1. The van der Waals surface area contributed by atoms with Gasteiger partial charge >= 0.3 is 5.97 Å². The molecule has 0 aliphatic carbocycles. The van der Waals surface area contributed by atoms with E-state index in [0.717, 1.165) is 22.3 Å². The second-order valence-electron chi connectivity index (χ2n) is 4.87. The summed E-state index contributed by atoms with van der Waals surface area (Å²) in [6.45, 7) is 3.03. The van der Waals surface area contributed by atoms with Gasteiger partial charge in [0.1, 0.15) is 5.82 Å². The molecule has 0 saturated carbocycles. The Balaban J connectivity index is 1.95. The first-order valence-corrected chi connectivity index (χ1v) is 6.47. The van der Waals surface area contributed by atoms with Gasteiger partial charge in [-0.3, -0.25) is 4.79 Å². The number of carboxylic acid groups (broad SMARTS) is 1. The molecule has 1 aromatic carbocycles. The smallest absolute Gasteiger partial charge is 0.310 e. The Morgan fingerprint density at radius 2 is 2.11 bits per heavy atom. The summed E-state index contributed by atoms with van der Waals surface area (Å²) in [7, 11) is 0. The molecule has 1 N–H and O–H groups in total. The summed E-state index contributed by atoms with van der Waals surface area (Å²) in [6.07, 6.45) is 0. The molecule has 4 nitrogen and oxygen atoms in total. The summed E-state index contributed by atoms with van der Waals surface area (Å²) in [5.74, 6) is -0.204. The molecule has 0 atom stereocenters. The minimum absolute atomic E-state index is 0.280. The van der Waals surface area contributed by atoms with E-state index in [-0.39, 0.29) is 5.92 Å². The molecule has 1 aromatic heterocycles. The van der Waals surface area contributed by atoms with Gasteiger partial charge in [0.25, 0.3) is 0 Å². The zero-order valence-corrected chi connectivity index (χ0v) is 11.2. The molecule has 1 aliphatic heterocycles. The van der Waals surface area contributed by atoms with Crippen LogP contribution in [0, 0.1) is 12.8 Å². The van der Waals surface area contributed by atoms with Crippen molar-refractivity contribution in [3.05, 3.63) is 34.9 Å². The molecular weight excluding hydrogens is 264 g/mol. The predicted octanol–water partition coefficient (Wildman–Crippen LogP) is 2.72. The molecule has 1 fully saturated rings. The number of aryl methyl sites for hydroxylation is 1. The van der Waals surface area contributed by atoms with Gasteiger partial charge in [0.2, 0.25) is 0 Å². The van der Waals surface area contributed by atoms with Crippen LogP contribution >= 0.6 is 11.6 Å². The Morgan fingerprint density at radius 1 is 1.37 bits per heavy atom. The summed E-state index contributed by atoms with van der Waals surface area (Å²) < 4.78 is 0. The molecular formula is C14H13ClN2O2. The van der Waals surface area contributed by atoms with E-state index in [1.165, 1.54) is 0 Å². The van der Waals surface area contributed by atoms with Crippen LogP contribution in [0.5, 0.6) is 0 Å². The highest BCUT2D eigenvalue weighted by molar-refractivity contribution is 6.35. The number of fused-ring (bicyclic) bond motifs is 1. The molecule has 0 bridgehead atoms. The molecule has 3 rings (SSSR count). The SMILES string of the molecule is Cc1ccc(Cl)c2ccc(N3CC(C(=O)O)C3)nc12. The summed E-state index contributed by atoms with van der Waals surface area (Å²) in [5, 5.41) is 10.5. The average molecular weight is 277 g/mol. The van der Waals surface area contributed by atoms with Crippen molar-refractivity contribution in [2.45, 2.75) is 6.92 Å². The van der Waals surface area contributed by atoms with E-state index in [4.69, 9.17) is 16.7 Å². The Bertz CT molecular complexity index is 666. The van der Waals surface area contributed by atoms with E-state index >= 15 is 0 Å². The fourth-order valence-electron chi connectivity index (χ4n) is 2.31. The van der Waals surface area contributed by atoms with Crippen molar-refractivity contribution in [2.75, 3.05) is 18.0 Å². The third-order valence-corrected chi connectivity index (χ3v) is 3.88. The highest BCUT2D eigenvalue weighted by Crippen LogP contribution is 2.29. The first-order valence-electron chi connectivity index (χ1n) is 6.10. The summed E-state index contributed by atoms with van der Waals surface area (Å²) in [6, 6.07) is 7.65. The fourth-order valence-corrected chi connectivity index (χ4v) is 2.52. The van der Waals surface area contributed by atoms with Gasteiger partial charge in [-0.05, 0) is 30.7 Å². The molecule has 0 radical (unpaired) electrons. The molecule has 0 unspecified atom stereocenters. The predicted molar refractivity (Wildman–Crippen MR) is 74.8 cm³/mol. The van der Waals surface area contributed by atoms with Crippen LogP contribution in [0.3, 0.4) is 0 Å². The van der Waals surface area contributed by atoms with Gasteiger partial charge in [-0.1, -0.05) is 17.7 Å². The van der Waals surface area contributed by atoms with E-state index in [1.54, 1.807) is 0 Å². The Labute approximate surface area is 115 Å². The number of carboxylic acids is 1. The van der Waals surface area contributed by atoms with Crippen LogP contribution in [-0.2, 0) is 4.79 Å². The number of aliphatic carboxylic acids is 1. The van der Waals surface area contributed by atoms with E-state index < -0.39 is 5.97 Å². The molecule has 1 saturated heterocycles. The van der Waals surface area contributed by atoms with Crippen molar-refractivity contribution in [3.8, 4) is 0 Å². The van der Waals surface area contributed by atoms with Crippen LogP contribution in [-0.4, -0.2) is 29.1 Å². The van der Waals surface area contributed by atoms with Gasteiger partial charge in [0.05, 0.1) is 11.4 Å². The number of benzene rings is 1. The lowest BCUT2D eigenvalue weighted by molar-refractivity contribution is -0.142. The highest BCUT2D eigenvalue weighted by atomic mass is 35.5. The van der Waals surface area contributed by atoms with Gasteiger partial charge in [-0.15, -0.1) is 0 Å². The van der Waals surface area contributed by atoms with Crippen molar-refractivity contribution in [2.24, 2.45) is 5.92 Å². The first-order chi connectivity index (χ1) is 9.06. The number of halogens is 1. The van der Waals surface area contributed by atoms with Gasteiger partial charge in [-0.25, -0.2) is 4.98 Å². The number of rotatable bonds is 2. The fraction of sp³-hybridized carbons (Fsp3) is 0.286. The van der Waals surface area contributed by atoms with E-state index in [1.807, 2.05) is 36.1 Å². The summed E-state index contributed by atoms with van der Waals surface area (Å²) in [4.78, 5) is 17.4. The van der Waals surface area contributed by atoms with Crippen LogP contribution < -0.4 is 4.90 Å². The second kappa shape index (κ2) is 4.38. The lowest BCUT2D eigenvalue weighted by Gasteiger charge is -2.37. The molecule has 98 valence electrons. The highest BCUT2D eigenvalue weighted by Gasteiger charge is 2.33. The molecule has 19 heavy (non-hydrogen) atoms. The van der Waals surface area contributed by atoms with Crippen molar-refractivity contribution >= 4 is 34.3 Å². The standard InChI is InChI=1S/C14H13ClN2O2/c1-8-2-4-11(15)10-3-5-12(16-13(8)10)17-6-9(7-17)14(18)19/h2-5,9H,6-7H2,1H3,(H,18,19). The molecule has 1 aliphatic rings. The van der Waals surface area contributed by atoms with Crippen molar-refractivity contribution in [1.82, 2.24) is 4.98 Å². The van der Waals surface area contributed by atoms with Crippen LogP contribution in [0.15, 0.2) is 24.3 Å². The minimum atomic E-state index is -0.740. The molecule has 2 aromatic rings. The topological polar surface area (TPSA) is 53.4 Å². The molecule has 2 heterocycles. The number of hydrogen-bond acceptors (Lipinski definition) is 3. The monoisotopic (exact) mass is 276 g/mol. The third kappa shape index (κ3) is 2.02. The first kappa shape index (κ1) is 12.2. The average Bonchev–Trinajstić information content (AvgIpc) is 2.32. The number of pyridine rings is 1. The van der Waals surface area contributed by atoms with Crippen LogP contribution in [0.25, 0.3) is 10.9 Å². The largest absolute Gasteiger partial charge is 0.481 e. The number of carbonyl (C=O) groups is 1. The number of nitrogens with zero attached hydrogens (tertiary/aromatic N) is 2. The molecule has 5 heteroatoms. The van der Waals surface area contributed by atoms with Crippen molar-refractivity contribution in [1.29, 1.82) is 0 Å². The molecule has 0 amide bonds. The van der Waals surface area contributed by atoms with Gasteiger partial charge < -0.3 is 10.0 Å². The zero-order valence-electron chi connectivity index (χ0n) is 10.4. The van der Waals surface area contributed by atoms with Crippen molar-refractivity contribution in [3.63, 3.8) is 0 Å². The van der Waals surface area contributed by atoms with Gasteiger partial charge in [-0.2, -0.15) is 0 Å². The lowest BCUT2D eigenvalue weighted by atomic mass is 10.0. The maximum Gasteiger partial charge on any atom is 0.310 e. The van der Waals surface area contributed by atoms with Gasteiger partial charge in [0, 0.05) is 23.5 Å².